The van der Waals surface area contributed by atoms with E-state index >= 15 is 0 Å². The van der Waals surface area contributed by atoms with Gasteiger partial charge in [-0.2, -0.15) is 0 Å². The Morgan fingerprint density at radius 1 is 1.06 bits per heavy atom. The molecule has 0 saturated carbocycles. The number of hydrogen-bond donors (Lipinski definition) is 0. The highest BCUT2D eigenvalue weighted by atomic mass is 79.9. The summed E-state index contributed by atoms with van der Waals surface area (Å²) in [6.07, 6.45) is 1.25. The number of thiophene rings is 1. The van der Waals surface area contributed by atoms with Crippen LogP contribution < -0.4 is 9.47 Å². The van der Waals surface area contributed by atoms with Crippen molar-refractivity contribution >= 4 is 49.4 Å². The number of halogens is 1. The van der Waals surface area contributed by atoms with Gasteiger partial charge in [0.2, 0.25) is 0 Å². The van der Waals surface area contributed by atoms with E-state index in [9.17, 15) is 9.59 Å². The van der Waals surface area contributed by atoms with Crippen LogP contribution in [0.15, 0.2) is 34.1 Å². The van der Waals surface area contributed by atoms with Crippen LogP contribution in [-0.2, 0) is 16.1 Å². The van der Waals surface area contributed by atoms with Crippen LogP contribution in [0.3, 0.4) is 0 Å². The zero-order valence-corrected chi connectivity index (χ0v) is 21.3. The van der Waals surface area contributed by atoms with Crippen LogP contribution in [0.25, 0.3) is 10.2 Å². The Morgan fingerprint density at radius 2 is 1.73 bits per heavy atom. The maximum Gasteiger partial charge on any atom is 0.309 e. The number of benzene rings is 1. The largest absolute Gasteiger partial charge is 0.497 e. The first-order chi connectivity index (χ1) is 15.9. The van der Waals surface area contributed by atoms with Crippen LogP contribution in [0.1, 0.15) is 35.8 Å². The second-order valence-corrected chi connectivity index (χ2v) is 10.4. The van der Waals surface area contributed by atoms with E-state index in [1.165, 1.54) is 0 Å². The van der Waals surface area contributed by atoms with Crippen LogP contribution in [0.5, 0.6) is 11.5 Å². The van der Waals surface area contributed by atoms with Crippen LogP contribution in [-0.4, -0.2) is 55.3 Å². The molecule has 1 amide bonds. The van der Waals surface area contributed by atoms with Crippen molar-refractivity contribution in [2.75, 3.05) is 33.9 Å². The molecule has 7 nitrogen and oxygen atoms in total. The molecule has 0 spiro atoms. The number of piperidine rings is 1. The zero-order valence-electron chi connectivity index (χ0n) is 18.9. The van der Waals surface area contributed by atoms with Crippen LogP contribution >= 0.6 is 27.3 Å². The minimum absolute atomic E-state index is 0.0216. The molecular weight excluding hydrogens is 508 g/mol. The normalized spacial score (nSPS) is 14.5. The third-order valence-electron chi connectivity index (χ3n) is 5.93. The van der Waals surface area contributed by atoms with Gasteiger partial charge in [-0.3, -0.25) is 9.59 Å². The lowest BCUT2D eigenvalue weighted by molar-refractivity contribution is -0.149. The van der Waals surface area contributed by atoms with Gasteiger partial charge in [0.25, 0.3) is 5.91 Å². The molecule has 0 N–H and O–H groups in total. The van der Waals surface area contributed by atoms with Gasteiger partial charge >= 0.3 is 5.97 Å². The standard InChI is InChI=1S/C24H27BrN2O5S/c1-4-32-24(29)16-5-7-26(8-6-16)23(28)20-12-21-19(13-22(25)33-21)27(20)14-15-9-17(30-2)11-18(10-15)31-3/h9-13,16H,4-8,14H2,1-3H3. The van der Waals surface area contributed by atoms with E-state index in [4.69, 9.17) is 14.2 Å². The van der Waals surface area contributed by atoms with Crippen molar-refractivity contribution in [2.24, 2.45) is 5.92 Å². The molecule has 0 unspecified atom stereocenters. The molecule has 1 fully saturated rings. The lowest BCUT2D eigenvalue weighted by Gasteiger charge is -2.31. The summed E-state index contributed by atoms with van der Waals surface area (Å²) in [6.45, 7) is 3.77. The molecule has 176 valence electrons. The Hall–Kier alpha value is -2.52. The molecule has 3 aromatic rings. The number of methoxy groups -OCH3 is 2. The van der Waals surface area contributed by atoms with Crippen molar-refractivity contribution in [3.8, 4) is 11.5 Å². The van der Waals surface area contributed by atoms with Gasteiger partial charge in [-0.05, 0) is 65.5 Å². The van der Waals surface area contributed by atoms with E-state index in [0.29, 0.717) is 56.3 Å². The Kier molecular flexibility index (Phi) is 7.29. The third kappa shape index (κ3) is 5.04. The molecule has 0 aliphatic carbocycles. The summed E-state index contributed by atoms with van der Waals surface area (Å²) in [5.41, 5.74) is 2.61. The summed E-state index contributed by atoms with van der Waals surface area (Å²) in [5.74, 6) is 1.09. The molecule has 2 aromatic heterocycles. The number of esters is 1. The van der Waals surface area contributed by atoms with Crippen molar-refractivity contribution < 1.29 is 23.8 Å². The number of nitrogens with zero attached hydrogens (tertiary/aromatic N) is 2. The topological polar surface area (TPSA) is 70.0 Å². The minimum atomic E-state index is -0.162. The van der Waals surface area contributed by atoms with Gasteiger partial charge in [-0.25, -0.2) is 0 Å². The molecule has 4 rings (SSSR count). The Morgan fingerprint density at radius 3 is 2.33 bits per heavy atom. The van der Waals surface area contributed by atoms with Crippen LogP contribution in [0, 0.1) is 5.92 Å². The maximum absolute atomic E-state index is 13.5. The van der Waals surface area contributed by atoms with Crippen molar-refractivity contribution in [3.05, 3.63) is 45.4 Å². The average Bonchev–Trinajstić information content (AvgIpc) is 3.35. The molecule has 1 saturated heterocycles. The lowest BCUT2D eigenvalue weighted by atomic mass is 9.97. The van der Waals surface area contributed by atoms with E-state index < -0.39 is 0 Å². The number of ether oxygens (including phenoxy) is 3. The quantitative estimate of drug-likeness (QED) is 0.401. The number of likely N-dealkylation sites (tertiary alicyclic amines) is 1. The smallest absolute Gasteiger partial charge is 0.309 e. The van der Waals surface area contributed by atoms with Crippen LogP contribution in [0.4, 0.5) is 0 Å². The first-order valence-corrected chi connectivity index (χ1v) is 12.5. The Bertz CT molecular complexity index is 1140. The molecule has 0 atom stereocenters. The number of hydrogen-bond acceptors (Lipinski definition) is 6. The maximum atomic E-state index is 13.5. The molecular formula is C24H27BrN2O5S. The Balaban J connectivity index is 1.61. The molecule has 0 bridgehead atoms. The first-order valence-electron chi connectivity index (χ1n) is 10.9. The van der Waals surface area contributed by atoms with Gasteiger partial charge in [0.15, 0.2) is 0 Å². The van der Waals surface area contributed by atoms with Crippen molar-refractivity contribution in [2.45, 2.75) is 26.3 Å². The van der Waals surface area contributed by atoms with Gasteiger partial charge in [-0.1, -0.05) is 0 Å². The molecule has 9 heteroatoms. The minimum Gasteiger partial charge on any atom is -0.497 e. The lowest BCUT2D eigenvalue weighted by Crippen LogP contribution is -2.41. The fraction of sp³-hybridized carbons (Fsp3) is 0.417. The van der Waals surface area contributed by atoms with Crippen molar-refractivity contribution in [3.63, 3.8) is 0 Å². The molecule has 0 radical (unpaired) electrons. The summed E-state index contributed by atoms with van der Waals surface area (Å²) in [6, 6.07) is 9.74. The highest BCUT2D eigenvalue weighted by Crippen LogP contribution is 2.34. The summed E-state index contributed by atoms with van der Waals surface area (Å²) >= 11 is 5.17. The fourth-order valence-electron chi connectivity index (χ4n) is 4.24. The fourth-order valence-corrected chi connectivity index (χ4v) is 5.80. The molecule has 3 heterocycles. The van der Waals surface area contributed by atoms with E-state index in [1.54, 1.807) is 25.6 Å². The van der Waals surface area contributed by atoms with Crippen molar-refractivity contribution in [1.82, 2.24) is 9.47 Å². The second-order valence-electron chi connectivity index (χ2n) is 7.96. The van der Waals surface area contributed by atoms with Gasteiger partial charge < -0.3 is 23.7 Å². The summed E-state index contributed by atoms with van der Waals surface area (Å²) in [7, 11) is 3.24. The number of aromatic nitrogens is 1. The first kappa shape index (κ1) is 23.6. The molecule has 1 aliphatic heterocycles. The number of rotatable bonds is 7. The predicted molar refractivity (Wildman–Crippen MR) is 131 cm³/mol. The number of carbonyl (C=O) groups is 2. The monoisotopic (exact) mass is 534 g/mol. The van der Waals surface area contributed by atoms with Gasteiger partial charge in [0, 0.05) is 25.7 Å². The highest BCUT2D eigenvalue weighted by molar-refractivity contribution is 9.11. The summed E-state index contributed by atoms with van der Waals surface area (Å²) < 4.78 is 20.1. The van der Waals surface area contributed by atoms with E-state index in [1.807, 2.05) is 46.7 Å². The second kappa shape index (κ2) is 10.2. The zero-order chi connectivity index (χ0) is 23.5. The molecule has 1 aromatic carbocycles. The van der Waals surface area contributed by atoms with E-state index in [2.05, 4.69) is 15.9 Å². The third-order valence-corrected chi connectivity index (χ3v) is 7.51. The van der Waals surface area contributed by atoms with E-state index in [0.717, 1.165) is 19.6 Å². The van der Waals surface area contributed by atoms with E-state index in [-0.39, 0.29) is 17.8 Å². The Labute approximate surface area is 205 Å². The number of fused-ring (bicyclic) bond motifs is 1. The van der Waals surface area contributed by atoms with Gasteiger partial charge in [0.05, 0.1) is 40.7 Å². The molecule has 1 aliphatic rings. The predicted octanol–water partition coefficient (Wildman–Crippen LogP) is 4.95. The number of amides is 1. The molecule has 33 heavy (non-hydrogen) atoms. The van der Waals surface area contributed by atoms with Gasteiger partial charge in [0.1, 0.15) is 17.2 Å². The SMILES string of the molecule is CCOC(=O)C1CCN(C(=O)c2cc3sc(Br)cc3n2Cc2cc(OC)cc(OC)c2)CC1. The highest BCUT2D eigenvalue weighted by Gasteiger charge is 2.30. The average molecular weight is 535 g/mol. The summed E-state index contributed by atoms with van der Waals surface area (Å²) in [4.78, 5) is 27.5. The summed E-state index contributed by atoms with van der Waals surface area (Å²) in [5, 5.41) is 0. The number of carbonyl (C=O) groups excluding carboxylic acids is 2. The van der Waals surface area contributed by atoms with Crippen LogP contribution in [0.2, 0.25) is 0 Å². The van der Waals surface area contributed by atoms with Crippen molar-refractivity contribution in [1.29, 1.82) is 0 Å². The van der Waals surface area contributed by atoms with Gasteiger partial charge in [-0.15, -0.1) is 11.3 Å².